The Morgan fingerprint density at radius 2 is 1.71 bits per heavy atom. The molecule has 1 aromatic rings. The van der Waals surface area contributed by atoms with Crippen LogP contribution in [0.1, 0.15) is 32.3 Å². The Bertz CT molecular complexity index is 339. The number of ether oxygens (including phenoxy) is 1. The molecule has 2 rings (SSSR count). The Labute approximate surface area is 105 Å². The summed E-state index contributed by atoms with van der Waals surface area (Å²) in [6, 6.07) is 10.7. The molecule has 0 aliphatic carbocycles. The van der Waals surface area contributed by atoms with E-state index in [4.69, 9.17) is 4.74 Å². The van der Waals surface area contributed by atoms with Gasteiger partial charge in [-0.05, 0) is 39.3 Å². The van der Waals surface area contributed by atoms with E-state index in [1.54, 1.807) is 0 Å². The highest BCUT2D eigenvalue weighted by atomic mass is 16.5. The minimum atomic E-state index is -0.0675. The molecule has 17 heavy (non-hydrogen) atoms. The van der Waals surface area contributed by atoms with Crippen LogP contribution >= 0.6 is 0 Å². The van der Waals surface area contributed by atoms with E-state index in [1.807, 2.05) is 0 Å². The van der Waals surface area contributed by atoms with Gasteiger partial charge < -0.3 is 9.64 Å². The van der Waals surface area contributed by atoms with Crippen molar-refractivity contribution in [3.8, 4) is 0 Å². The van der Waals surface area contributed by atoms with E-state index >= 15 is 0 Å². The number of piperidine rings is 1. The zero-order valence-electron chi connectivity index (χ0n) is 11.1. The van der Waals surface area contributed by atoms with Gasteiger partial charge in [0, 0.05) is 13.1 Å². The van der Waals surface area contributed by atoms with Crippen molar-refractivity contribution < 1.29 is 4.74 Å². The molecule has 1 heterocycles. The van der Waals surface area contributed by atoms with E-state index in [2.05, 4.69) is 56.1 Å². The lowest BCUT2D eigenvalue weighted by Gasteiger charge is -2.42. The number of benzene rings is 1. The first-order chi connectivity index (χ1) is 8.12. The molecule has 0 spiro atoms. The number of likely N-dealkylation sites (tertiary alicyclic amines) is 1. The molecule has 94 valence electrons. The Kier molecular flexibility index (Phi) is 3.85. The van der Waals surface area contributed by atoms with Gasteiger partial charge in [-0.2, -0.15) is 0 Å². The fraction of sp³-hybridized carbons (Fsp3) is 0.600. The predicted molar refractivity (Wildman–Crippen MR) is 71.1 cm³/mol. The normalized spacial score (nSPS) is 20.7. The van der Waals surface area contributed by atoms with Gasteiger partial charge in [0.1, 0.15) is 0 Å². The molecule has 1 fully saturated rings. The number of hydrogen-bond donors (Lipinski definition) is 0. The topological polar surface area (TPSA) is 12.5 Å². The van der Waals surface area contributed by atoms with Gasteiger partial charge in [0.25, 0.3) is 0 Å². The van der Waals surface area contributed by atoms with Crippen LogP contribution in [0.3, 0.4) is 0 Å². The molecule has 1 aliphatic rings. The highest BCUT2D eigenvalue weighted by Gasteiger charge is 2.36. The van der Waals surface area contributed by atoms with E-state index in [1.165, 1.54) is 5.56 Å². The first-order valence-electron chi connectivity index (χ1n) is 6.54. The van der Waals surface area contributed by atoms with Crippen molar-refractivity contribution in [2.24, 2.45) is 0 Å². The monoisotopic (exact) mass is 233 g/mol. The highest BCUT2D eigenvalue weighted by molar-refractivity contribution is 5.23. The Morgan fingerprint density at radius 3 is 2.24 bits per heavy atom. The van der Waals surface area contributed by atoms with Crippen molar-refractivity contribution >= 4 is 0 Å². The van der Waals surface area contributed by atoms with Gasteiger partial charge >= 0.3 is 0 Å². The van der Waals surface area contributed by atoms with Crippen LogP contribution in [-0.2, 0) is 10.3 Å². The van der Waals surface area contributed by atoms with E-state index in [9.17, 15) is 0 Å². The van der Waals surface area contributed by atoms with Crippen molar-refractivity contribution in [2.75, 3.05) is 20.1 Å². The number of hydrogen-bond acceptors (Lipinski definition) is 2. The van der Waals surface area contributed by atoms with Crippen molar-refractivity contribution in [1.82, 2.24) is 4.90 Å². The minimum Gasteiger partial charge on any atom is -0.368 e. The quantitative estimate of drug-likeness (QED) is 0.795. The van der Waals surface area contributed by atoms with Crippen molar-refractivity contribution in [3.05, 3.63) is 35.9 Å². The summed E-state index contributed by atoms with van der Waals surface area (Å²) in [6.45, 7) is 6.48. The zero-order valence-corrected chi connectivity index (χ0v) is 11.1. The van der Waals surface area contributed by atoms with Crippen LogP contribution in [0.2, 0.25) is 0 Å². The lowest BCUT2D eigenvalue weighted by Crippen LogP contribution is -2.43. The van der Waals surface area contributed by atoms with Gasteiger partial charge in [-0.1, -0.05) is 30.3 Å². The standard InChI is InChI=1S/C15H23NO/c1-13(2)17-15(9-11-16(3)12-10-15)14-7-5-4-6-8-14/h4-8,13H,9-12H2,1-3H3. The van der Waals surface area contributed by atoms with Gasteiger partial charge in [-0.15, -0.1) is 0 Å². The third-order valence-corrected chi connectivity index (χ3v) is 3.56. The fourth-order valence-corrected chi connectivity index (χ4v) is 2.65. The summed E-state index contributed by atoms with van der Waals surface area (Å²) in [5.74, 6) is 0. The van der Waals surface area contributed by atoms with Crippen LogP contribution in [-0.4, -0.2) is 31.1 Å². The number of nitrogens with zero attached hydrogens (tertiary/aromatic N) is 1. The Hall–Kier alpha value is -0.860. The molecular weight excluding hydrogens is 210 g/mol. The van der Waals surface area contributed by atoms with Crippen LogP contribution in [0.5, 0.6) is 0 Å². The second-order valence-electron chi connectivity index (χ2n) is 5.33. The summed E-state index contributed by atoms with van der Waals surface area (Å²) in [5.41, 5.74) is 1.27. The average Bonchev–Trinajstić information content (AvgIpc) is 2.33. The zero-order chi connectivity index (χ0) is 12.3. The van der Waals surface area contributed by atoms with Crippen molar-refractivity contribution in [1.29, 1.82) is 0 Å². The largest absolute Gasteiger partial charge is 0.368 e. The molecule has 0 bridgehead atoms. The molecule has 0 radical (unpaired) electrons. The van der Waals surface area contributed by atoms with Crippen LogP contribution in [0, 0.1) is 0 Å². The van der Waals surface area contributed by atoms with Gasteiger partial charge in [0.05, 0.1) is 11.7 Å². The fourth-order valence-electron chi connectivity index (χ4n) is 2.65. The summed E-state index contributed by atoms with van der Waals surface area (Å²) < 4.78 is 6.29. The predicted octanol–water partition coefficient (Wildman–Crippen LogP) is 3.03. The van der Waals surface area contributed by atoms with Crippen LogP contribution in [0.4, 0.5) is 0 Å². The SMILES string of the molecule is CC(C)OC1(c2ccccc2)CCN(C)CC1. The molecule has 1 saturated heterocycles. The molecule has 0 unspecified atom stereocenters. The molecule has 2 nitrogen and oxygen atoms in total. The van der Waals surface area contributed by atoms with E-state index in [-0.39, 0.29) is 11.7 Å². The maximum Gasteiger partial charge on any atom is 0.0959 e. The van der Waals surface area contributed by atoms with Gasteiger partial charge in [0.2, 0.25) is 0 Å². The summed E-state index contributed by atoms with van der Waals surface area (Å²) >= 11 is 0. The van der Waals surface area contributed by atoms with Gasteiger partial charge in [-0.3, -0.25) is 0 Å². The van der Waals surface area contributed by atoms with Crippen LogP contribution in [0.25, 0.3) is 0 Å². The summed E-state index contributed by atoms with van der Waals surface area (Å²) in [7, 11) is 2.18. The average molecular weight is 233 g/mol. The molecule has 0 saturated carbocycles. The van der Waals surface area contributed by atoms with E-state index in [0.29, 0.717) is 0 Å². The minimum absolute atomic E-state index is 0.0675. The van der Waals surface area contributed by atoms with Crippen molar-refractivity contribution in [2.45, 2.75) is 38.4 Å². The van der Waals surface area contributed by atoms with Crippen LogP contribution in [0.15, 0.2) is 30.3 Å². The second-order valence-corrected chi connectivity index (χ2v) is 5.33. The van der Waals surface area contributed by atoms with Gasteiger partial charge in [-0.25, -0.2) is 0 Å². The molecule has 0 aromatic heterocycles. The lowest BCUT2D eigenvalue weighted by molar-refractivity contribution is -0.116. The van der Waals surface area contributed by atoms with E-state index < -0.39 is 0 Å². The summed E-state index contributed by atoms with van der Waals surface area (Å²) in [5, 5.41) is 0. The highest BCUT2D eigenvalue weighted by Crippen LogP contribution is 2.37. The summed E-state index contributed by atoms with van der Waals surface area (Å²) in [4.78, 5) is 2.38. The Morgan fingerprint density at radius 1 is 1.12 bits per heavy atom. The smallest absolute Gasteiger partial charge is 0.0959 e. The maximum absolute atomic E-state index is 6.29. The maximum atomic E-state index is 6.29. The molecule has 0 atom stereocenters. The Balaban J connectivity index is 2.24. The summed E-state index contributed by atoms with van der Waals surface area (Å²) in [6.07, 6.45) is 2.45. The second kappa shape index (κ2) is 5.19. The third-order valence-electron chi connectivity index (χ3n) is 3.56. The molecule has 2 heteroatoms. The molecule has 0 N–H and O–H groups in total. The third kappa shape index (κ3) is 2.88. The molecular formula is C15H23NO. The molecule has 0 amide bonds. The van der Waals surface area contributed by atoms with Crippen LogP contribution < -0.4 is 0 Å². The first kappa shape index (κ1) is 12.6. The molecule has 1 aliphatic heterocycles. The number of rotatable bonds is 3. The first-order valence-corrected chi connectivity index (χ1v) is 6.54. The van der Waals surface area contributed by atoms with E-state index in [0.717, 1.165) is 25.9 Å². The van der Waals surface area contributed by atoms with Crippen molar-refractivity contribution in [3.63, 3.8) is 0 Å². The molecule has 1 aromatic carbocycles. The van der Waals surface area contributed by atoms with Gasteiger partial charge in [0.15, 0.2) is 0 Å². The lowest BCUT2D eigenvalue weighted by atomic mass is 9.84.